The van der Waals surface area contributed by atoms with Crippen LogP contribution in [0.1, 0.15) is 25.7 Å². The lowest BCUT2D eigenvalue weighted by atomic mass is 9.73. The third-order valence-electron chi connectivity index (χ3n) is 3.13. The molecule has 2 nitrogen and oxygen atoms in total. The molecule has 63 valence electrons. The second-order valence-corrected chi connectivity index (χ2v) is 3.96. The van der Waals surface area contributed by atoms with E-state index in [1.165, 1.54) is 38.8 Å². The molecule has 0 saturated carbocycles. The highest BCUT2D eigenvalue weighted by molar-refractivity contribution is 4.88. The second kappa shape index (κ2) is 3.11. The van der Waals surface area contributed by atoms with Gasteiger partial charge in [0.2, 0.25) is 0 Å². The lowest BCUT2D eigenvalue weighted by Gasteiger charge is -2.40. The minimum absolute atomic E-state index is 0.628. The summed E-state index contributed by atoms with van der Waals surface area (Å²) in [6.07, 6.45) is 5.48. The van der Waals surface area contributed by atoms with Gasteiger partial charge >= 0.3 is 0 Å². The number of piperidine rings is 2. The maximum atomic E-state index is 4.53. The highest BCUT2D eigenvalue weighted by Gasteiger charge is 2.33. The van der Waals surface area contributed by atoms with Gasteiger partial charge in [-0.05, 0) is 44.2 Å². The van der Waals surface area contributed by atoms with Crippen LogP contribution in [-0.4, -0.2) is 26.2 Å². The Kier molecular flexibility index (Phi) is 2.14. The fourth-order valence-electron chi connectivity index (χ4n) is 2.33. The van der Waals surface area contributed by atoms with Gasteiger partial charge in [0.1, 0.15) is 0 Å². The number of hydrogen-bond donors (Lipinski definition) is 1. The Morgan fingerprint density at radius 3 is 2.55 bits per heavy atom. The van der Waals surface area contributed by atoms with E-state index in [0.717, 1.165) is 13.1 Å². The summed E-state index contributed by atoms with van der Waals surface area (Å²) < 4.78 is 0. The molecule has 2 heteroatoms. The molecule has 1 N–H and O–H groups in total. The fourth-order valence-corrected chi connectivity index (χ4v) is 2.33. The van der Waals surface area contributed by atoms with E-state index in [0.29, 0.717) is 5.41 Å². The van der Waals surface area contributed by atoms with Gasteiger partial charge in [0, 0.05) is 13.1 Å². The quantitative estimate of drug-likeness (QED) is 0.546. The van der Waals surface area contributed by atoms with Gasteiger partial charge in [0.25, 0.3) is 0 Å². The van der Waals surface area contributed by atoms with Crippen molar-refractivity contribution in [2.75, 3.05) is 26.2 Å². The highest BCUT2D eigenvalue weighted by atomic mass is 14.9. The lowest BCUT2D eigenvalue weighted by molar-refractivity contribution is 0.148. The van der Waals surface area contributed by atoms with E-state index in [4.69, 9.17) is 0 Å². The zero-order valence-corrected chi connectivity index (χ0v) is 7.10. The molecule has 2 heterocycles. The van der Waals surface area contributed by atoms with Gasteiger partial charge in [-0.25, -0.2) is 5.32 Å². The monoisotopic (exact) mass is 153 g/mol. The van der Waals surface area contributed by atoms with Crippen molar-refractivity contribution in [3.05, 3.63) is 0 Å². The third-order valence-corrected chi connectivity index (χ3v) is 3.13. The Balaban J connectivity index is 1.94. The molecule has 0 aromatic rings. The Hall–Kier alpha value is -0.0800. The molecule has 0 aromatic heterocycles. The zero-order valence-electron chi connectivity index (χ0n) is 7.10. The first-order chi connectivity index (χ1) is 5.41. The Morgan fingerprint density at radius 2 is 1.91 bits per heavy atom. The van der Waals surface area contributed by atoms with Crippen molar-refractivity contribution in [2.45, 2.75) is 25.7 Å². The zero-order chi connectivity index (χ0) is 7.57. The molecule has 0 amide bonds. The number of nitrogens with zero attached hydrogens (tertiary/aromatic N) is 1. The summed E-state index contributed by atoms with van der Waals surface area (Å²) in [6, 6.07) is 0. The van der Waals surface area contributed by atoms with Gasteiger partial charge in [-0.2, -0.15) is 0 Å². The minimum atomic E-state index is 0.628. The topological polar surface area (TPSA) is 26.1 Å². The van der Waals surface area contributed by atoms with Crippen molar-refractivity contribution >= 4 is 0 Å². The van der Waals surface area contributed by atoms with E-state index in [2.05, 4.69) is 10.6 Å². The molecule has 2 aliphatic heterocycles. The average molecular weight is 153 g/mol. The first kappa shape index (κ1) is 7.56. The summed E-state index contributed by atoms with van der Waals surface area (Å²) in [5.41, 5.74) is 0.628. The third kappa shape index (κ3) is 1.57. The first-order valence-corrected chi connectivity index (χ1v) is 4.75. The molecule has 0 aromatic carbocycles. The Bertz CT molecular complexity index is 102. The summed E-state index contributed by atoms with van der Waals surface area (Å²) in [5, 5.41) is 7.94. The van der Waals surface area contributed by atoms with Crippen LogP contribution < -0.4 is 10.6 Å². The SMILES string of the molecule is C1C[N]CC2(C1)CCNCC2. The molecule has 0 bridgehead atoms. The van der Waals surface area contributed by atoms with Crippen LogP contribution in [0.25, 0.3) is 0 Å². The Labute approximate surface area is 68.7 Å². The fraction of sp³-hybridized carbons (Fsp3) is 1.00. The van der Waals surface area contributed by atoms with Gasteiger partial charge < -0.3 is 5.32 Å². The Morgan fingerprint density at radius 1 is 1.09 bits per heavy atom. The van der Waals surface area contributed by atoms with Crippen molar-refractivity contribution in [1.29, 1.82) is 0 Å². The number of nitrogens with one attached hydrogen (secondary N) is 1. The molecular formula is C9H17N2. The van der Waals surface area contributed by atoms with Gasteiger partial charge in [0.15, 0.2) is 0 Å². The summed E-state index contributed by atoms with van der Waals surface area (Å²) in [5.74, 6) is 0. The highest BCUT2D eigenvalue weighted by Crippen LogP contribution is 2.35. The molecule has 2 saturated heterocycles. The number of hydrogen-bond acceptors (Lipinski definition) is 1. The average Bonchev–Trinajstić information content (AvgIpc) is 2.07. The van der Waals surface area contributed by atoms with Crippen LogP contribution in [0.4, 0.5) is 0 Å². The summed E-state index contributed by atoms with van der Waals surface area (Å²) in [7, 11) is 0. The summed E-state index contributed by atoms with van der Waals surface area (Å²) in [4.78, 5) is 0. The van der Waals surface area contributed by atoms with Gasteiger partial charge in [-0.15, -0.1) is 0 Å². The van der Waals surface area contributed by atoms with Crippen molar-refractivity contribution in [3.63, 3.8) is 0 Å². The normalized spacial score (nSPS) is 30.5. The summed E-state index contributed by atoms with van der Waals surface area (Å²) >= 11 is 0. The maximum Gasteiger partial charge on any atom is 0.0190 e. The van der Waals surface area contributed by atoms with Crippen LogP contribution in [0, 0.1) is 5.41 Å². The van der Waals surface area contributed by atoms with Crippen molar-refractivity contribution in [1.82, 2.24) is 10.6 Å². The molecule has 0 unspecified atom stereocenters. The molecule has 2 fully saturated rings. The van der Waals surface area contributed by atoms with Crippen molar-refractivity contribution in [3.8, 4) is 0 Å². The lowest BCUT2D eigenvalue weighted by Crippen LogP contribution is -2.44. The van der Waals surface area contributed by atoms with Crippen LogP contribution in [0.5, 0.6) is 0 Å². The van der Waals surface area contributed by atoms with E-state index in [9.17, 15) is 0 Å². The van der Waals surface area contributed by atoms with E-state index < -0.39 is 0 Å². The van der Waals surface area contributed by atoms with Gasteiger partial charge in [-0.1, -0.05) is 0 Å². The van der Waals surface area contributed by atoms with Crippen LogP contribution in [0.2, 0.25) is 0 Å². The van der Waals surface area contributed by atoms with Crippen LogP contribution in [0.15, 0.2) is 0 Å². The molecular weight excluding hydrogens is 136 g/mol. The van der Waals surface area contributed by atoms with Crippen LogP contribution in [0.3, 0.4) is 0 Å². The molecule has 0 aliphatic carbocycles. The number of rotatable bonds is 0. The molecule has 0 atom stereocenters. The van der Waals surface area contributed by atoms with Gasteiger partial charge in [-0.3, -0.25) is 0 Å². The van der Waals surface area contributed by atoms with Crippen molar-refractivity contribution < 1.29 is 0 Å². The standard InChI is InChI=1S/C9H17N2/c1-2-9(8-11-5-1)3-6-10-7-4-9/h10H,1-8H2. The van der Waals surface area contributed by atoms with Gasteiger partial charge in [0.05, 0.1) is 0 Å². The van der Waals surface area contributed by atoms with E-state index in [1.54, 1.807) is 0 Å². The minimum Gasteiger partial charge on any atom is -0.317 e. The molecule has 2 rings (SSSR count). The summed E-state index contributed by atoms with van der Waals surface area (Å²) in [6.45, 7) is 4.70. The molecule has 1 spiro atoms. The second-order valence-electron chi connectivity index (χ2n) is 3.96. The predicted octanol–water partition coefficient (Wildman–Crippen LogP) is 0.754. The first-order valence-electron chi connectivity index (χ1n) is 4.75. The largest absolute Gasteiger partial charge is 0.317 e. The van der Waals surface area contributed by atoms with E-state index in [-0.39, 0.29) is 0 Å². The van der Waals surface area contributed by atoms with Crippen LogP contribution >= 0.6 is 0 Å². The molecule has 2 aliphatic rings. The van der Waals surface area contributed by atoms with Crippen molar-refractivity contribution in [2.24, 2.45) is 5.41 Å². The molecule has 11 heavy (non-hydrogen) atoms. The predicted molar refractivity (Wildman–Crippen MR) is 45.6 cm³/mol. The van der Waals surface area contributed by atoms with E-state index in [1.807, 2.05) is 0 Å². The van der Waals surface area contributed by atoms with Crippen LogP contribution in [-0.2, 0) is 0 Å². The smallest absolute Gasteiger partial charge is 0.0190 e. The maximum absolute atomic E-state index is 4.53. The molecule has 1 radical (unpaired) electrons. The van der Waals surface area contributed by atoms with E-state index >= 15 is 0 Å².